The topological polar surface area (TPSA) is 32.3 Å². The van der Waals surface area contributed by atoms with Gasteiger partial charge in [0, 0.05) is 29.6 Å². The lowest BCUT2D eigenvalue weighted by atomic mass is 10.1. The van der Waals surface area contributed by atoms with Crippen molar-refractivity contribution in [1.82, 2.24) is 10.2 Å². The lowest BCUT2D eigenvalue weighted by Gasteiger charge is -2.37. The minimum absolute atomic E-state index is 0.115. The summed E-state index contributed by atoms with van der Waals surface area (Å²) in [5, 5.41) is 3.31. The number of rotatable bonds is 1. The van der Waals surface area contributed by atoms with E-state index in [9.17, 15) is 9.18 Å². The van der Waals surface area contributed by atoms with Crippen LogP contribution in [0.1, 0.15) is 24.2 Å². The predicted molar refractivity (Wildman–Crippen MR) is 72.1 cm³/mol. The highest BCUT2D eigenvalue weighted by Gasteiger charge is 2.28. The number of amides is 1. The molecule has 18 heavy (non-hydrogen) atoms. The van der Waals surface area contributed by atoms with Crippen LogP contribution in [0.15, 0.2) is 22.7 Å². The normalized spacial score (nSPS) is 24.1. The monoisotopic (exact) mass is 314 g/mol. The summed E-state index contributed by atoms with van der Waals surface area (Å²) in [5.41, 5.74) is 0.385. The molecule has 1 heterocycles. The van der Waals surface area contributed by atoms with Gasteiger partial charge in [-0.05, 0) is 48.0 Å². The van der Waals surface area contributed by atoms with Gasteiger partial charge in [0.05, 0.1) is 5.56 Å². The molecule has 0 radical (unpaired) electrons. The molecule has 1 N–H and O–H groups in total. The van der Waals surface area contributed by atoms with Gasteiger partial charge in [-0.2, -0.15) is 0 Å². The highest BCUT2D eigenvalue weighted by Crippen LogP contribution is 2.21. The van der Waals surface area contributed by atoms with Crippen molar-refractivity contribution in [1.29, 1.82) is 0 Å². The van der Waals surface area contributed by atoms with Crippen LogP contribution in [-0.4, -0.2) is 36.0 Å². The van der Waals surface area contributed by atoms with Gasteiger partial charge in [-0.1, -0.05) is 0 Å². The number of hydrogen-bond donors (Lipinski definition) is 1. The zero-order valence-electron chi connectivity index (χ0n) is 10.4. The number of carbonyl (C=O) groups is 1. The lowest BCUT2D eigenvalue weighted by Crippen LogP contribution is -2.56. The smallest absolute Gasteiger partial charge is 0.255 e. The van der Waals surface area contributed by atoms with Crippen LogP contribution in [0.25, 0.3) is 0 Å². The van der Waals surface area contributed by atoms with Crippen molar-refractivity contribution in [3.8, 4) is 0 Å². The third-order valence-electron chi connectivity index (χ3n) is 3.18. The summed E-state index contributed by atoms with van der Waals surface area (Å²) in [6.07, 6.45) is 0. The Morgan fingerprint density at radius 1 is 1.50 bits per heavy atom. The van der Waals surface area contributed by atoms with Crippen LogP contribution in [0.4, 0.5) is 4.39 Å². The molecule has 98 valence electrons. The minimum Gasteiger partial charge on any atom is -0.333 e. The number of benzene rings is 1. The van der Waals surface area contributed by atoms with Gasteiger partial charge in [-0.25, -0.2) is 4.39 Å². The number of nitrogens with zero attached hydrogens (tertiary/aromatic N) is 1. The van der Waals surface area contributed by atoms with E-state index in [1.807, 2.05) is 13.8 Å². The molecule has 1 aromatic rings. The van der Waals surface area contributed by atoms with E-state index >= 15 is 0 Å². The number of nitrogens with one attached hydrogen (secondary N) is 1. The zero-order chi connectivity index (χ0) is 13.3. The summed E-state index contributed by atoms with van der Waals surface area (Å²) in [6.45, 7) is 5.43. The van der Waals surface area contributed by atoms with Gasteiger partial charge in [0.2, 0.25) is 0 Å². The molecule has 1 aromatic carbocycles. The van der Waals surface area contributed by atoms with Gasteiger partial charge in [0.25, 0.3) is 5.91 Å². The molecule has 1 amide bonds. The van der Waals surface area contributed by atoms with E-state index in [0.717, 1.165) is 6.54 Å². The molecule has 1 aliphatic heterocycles. The second-order valence-corrected chi connectivity index (χ2v) is 5.59. The third-order valence-corrected chi connectivity index (χ3v) is 3.88. The van der Waals surface area contributed by atoms with Crippen LogP contribution in [0.2, 0.25) is 0 Å². The predicted octanol–water partition coefficient (Wildman–Crippen LogP) is 2.41. The maximum atomic E-state index is 13.2. The Balaban J connectivity index is 2.27. The van der Waals surface area contributed by atoms with E-state index < -0.39 is 5.82 Å². The zero-order valence-corrected chi connectivity index (χ0v) is 12.0. The molecule has 0 bridgehead atoms. The maximum Gasteiger partial charge on any atom is 0.255 e. The first-order chi connectivity index (χ1) is 8.49. The molecule has 1 fully saturated rings. The second kappa shape index (κ2) is 5.36. The summed E-state index contributed by atoms with van der Waals surface area (Å²) in [6, 6.07) is 4.57. The number of carbonyl (C=O) groups excluding carboxylic acids is 1. The van der Waals surface area contributed by atoms with E-state index in [2.05, 4.69) is 21.2 Å². The number of halogens is 2. The van der Waals surface area contributed by atoms with Crippen molar-refractivity contribution in [2.45, 2.75) is 25.9 Å². The molecule has 2 rings (SSSR count). The molecular formula is C13H16BrFN2O. The van der Waals surface area contributed by atoms with Crippen molar-refractivity contribution in [2.75, 3.05) is 13.1 Å². The molecule has 5 heteroatoms. The molecule has 0 aromatic heterocycles. The Bertz CT molecular complexity index is 466. The lowest BCUT2D eigenvalue weighted by molar-refractivity contribution is 0.0615. The Morgan fingerprint density at radius 3 is 2.94 bits per heavy atom. The van der Waals surface area contributed by atoms with E-state index in [4.69, 9.17) is 0 Å². The number of piperazine rings is 1. The van der Waals surface area contributed by atoms with E-state index in [1.54, 1.807) is 11.0 Å². The van der Waals surface area contributed by atoms with Crippen LogP contribution < -0.4 is 5.32 Å². The fourth-order valence-electron chi connectivity index (χ4n) is 2.12. The third kappa shape index (κ3) is 2.72. The van der Waals surface area contributed by atoms with Crippen molar-refractivity contribution < 1.29 is 9.18 Å². The molecule has 1 saturated heterocycles. The van der Waals surface area contributed by atoms with Gasteiger partial charge in [0.15, 0.2) is 0 Å². The van der Waals surface area contributed by atoms with Crippen LogP contribution in [0.3, 0.4) is 0 Å². The average Bonchev–Trinajstić information content (AvgIpc) is 2.34. The molecule has 1 aliphatic rings. The second-order valence-electron chi connectivity index (χ2n) is 4.74. The largest absolute Gasteiger partial charge is 0.333 e. The summed E-state index contributed by atoms with van der Waals surface area (Å²) < 4.78 is 13.9. The first-order valence-corrected chi connectivity index (χ1v) is 6.77. The van der Waals surface area contributed by atoms with E-state index in [0.29, 0.717) is 16.6 Å². The van der Waals surface area contributed by atoms with Crippen LogP contribution in [0, 0.1) is 5.82 Å². The summed E-state index contributed by atoms with van der Waals surface area (Å²) in [4.78, 5) is 14.2. The fraction of sp³-hybridized carbons (Fsp3) is 0.462. The average molecular weight is 315 g/mol. The van der Waals surface area contributed by atoms with Crippen molar-refractivity contribution in [3.63, 3.8) is 0 Å². The summed E-state index contributed by atoms with van der Waals surface area (Å²) in [7, 11) is 0. The van der Waals surface area contributed by atoms with E-state index in [-0.39, 0.29) is 18.0 Å². The molecule has 2 unspecified atom stereocenters. The molecule has 3 nitrogen and oxygen atoms in total. The van der Waals surface area contributed by atoms with Crippen LogP contribution in [0.5, 0.6) is 0 Å². The first kappa shape index (κ1) is 13.5. The van der Waals surface area contributed by atoms with Crippen LogP contribution in [-0.2, 0) is 0 Å². The molecule has 0 saturated carbocycles. The quantitative estimate of drug-likeness (QED) is 0.863. The first-order valence-electron chi connectivity index (χ1n) is 5.98. The van der Waals surface area contributed by atoms with Gasteiger partial charge in [0.1, 0.15) is 5.82 Å². The molecular weight excluding hydrogens is 299 g/mol. The van der Waals surface area contributed by atoms with Crippen LogP contribution >= 0.6 is 15.9 Å². The fourth-order valence-corrected chi connectivity index (χ4v) is 2.54. The number of hydrogen-bond acceptors (Lipinski definition) is 2. The molecule has 0 spiro atoms. The minimum atomic E-state index is -0.391. The Morgan fingerprint density at radius 2 is 2.22 bits per heavy atom. The van der Waals surface area contributed by atoms with E-state index in [1.165, 1.54) is 12.1 Å². The molecule has 2 atom stereocenters. The molecule has 0 aliphatic carbocycles. The Labute approximate surface area is 114 Å². The Kier molecular flexibility index (Phi) is 4.02. The standard InChI is InChI=1S/C13H16BrFN2O/c1-8-7-17(9(2)6-16-8)13(18)11-5-10(15)3-4-12(11)14/h3-5,8-9,16H,6-7H2,1-2H3. The van der Waals surface area contributed by atoms with Crippen molar-refractivity contribution >= 4 is 21.8 Å². The van der Waals surface area contributed by atoms with Gasteiger partial charge in [-0.15, -0.1) is 0 Å². The highest BCUT2D eigenvalue weighted by molar-refractivity contribution is 9.10. The Hall–Kier alpha value is -0.940. The SMILES string of the molecule is CC1CN(C(=O)c2cc(F)ccc2Br)C(C)CN1. The highest BCUT2D eigenvalue weighted by atomic mass is 79.9. The maximum absolute atomic E-state index is 13.2. The summed E-state index contributed by atoms with van der Waals surface area (Å²) >= 11 is 3.30. The summed E-state index contributed by atoms with van der Waals surface area (Å²) in [5.74, 6) is -0.514. The van der Waals surface area contributed by atoms with Gasteiger partial charge < -0.3 is 10.2 Å². The van der Waals surface area contributed by atoms with Gasteiger partial charge in [-0.3, -0.25) is 4.79 Å². The van der Waals surface area contributed by atoms with Crippen molar-refractivity contribution in [2.24, 2.45) is 0 Å². The van der Waals surface area contributed by atoms with Crippen molar-refractivity contribution in [3.05, 3.63) is 34.1 Å². The van der Waals surface area contributed by atoms with Gasteiger partial charge >= 0.3 is 0 Å².